The molecule has 162 valence electrons. The van der Waals surface area contributed by atoms with Crippen LogP contribution in [0, 0.1) is 12.8 Å². The van der Waals surface area contributed by atoms with Crippen LogP contribution in [-0.2, 0) is 17.6 Å². The molecular formula is C21H23N5O2S3. The van der Waals surface area contributed by atoms with E-state index in [1.165, 1.54) is 34.4 Å². The highest BCUT2D eigenvalue weighted by atomic mass is 32.2. The fraction of sp³-hybridized carbons (Fsp3) is 0.333. The van der Waals surface area contributed by atoms with Gasteiger partial charge in [0, 0.05) is 10.6 Å². The van der Waals surface area contributed by atoms with E-state index < -0.39 is 5.91 Å². The molecule has 2 aromatic heterocycles. The first-order valence-electron chi connectivity index (χ1n) is 9.93. The second-order valence-corrected chi connectivity index (χ2v) is 10.9. The number of carbonyl (C=O) groups excluding carboxylic acids is 2. The van der Waals surface area contributed by atoms with Crippen LogP contribution in [0.1, 0.15) is 39.7 Å². The van der Waals surface area contributed by atoms with E-state index in [0.717, 1.165) is 41.0 Å². The minimum Gasteiger partial charge on any atom is -0.365 e. The summed E-state index contributed by atoms with van der Waals surface area (Å²) in [5.74, 6) is 0.0792. The first-order valence-corrected chi connectivity index (χ1v) is 12.5. The molecule has 7 nitrogen and oxygen atoms in total. The Morgan fingerprint density at radius 3 is 2.90 bits per heavy atom. The highest BCUT2D eigenvalue weighted by molar-refractivity contribution is 8.01. The van der Waals surface area contributed by atoms with E-state index in [2.05, 4.69) is 27.8 Å². The number of benzene rings is 1. The molecule has 0 spiro atoms. The van der Waals surface area contributed by atoms with Crippen LogP contribution in [0.2, 0.25) is 0 Å². The topological polar surface area (TPSA) is 110 Å². The van der Waals surface area contributed by atoms with E-state index in [1.54, 1.807) is 0 Å². The van der Waals surface area contributed by atoms with E-state index in [0.29, 0.717) is 26.0 Å². The van der Waals surface area contributed by atoms with Gasteiger partial charge >= 0.3 is 0 Å². The molecule has 31 heavy (non-hydrogen) atoms. The molecule has 4 rings (SSSR count). The zero-order chi connectivity index (χ0) is 22.0. The fourth-order valence-electron chi connectivity index (χ4n) is 3.55. The number of aryl methyl sites for hydroxylation is 1. The molecule has 1 atom stereocenters. The van der Waals surface area contributed by atoms with Crippen molar-refractivity contribution >= 4 is 62.1 Å². The SMILES string of the molecule is Cc1cccc(Nc2nnc(SCC(=O)Nc3sc4c(c3C(N)=O)CC[C@H](C)C4)s2)c1. The predicted molar refractivity (Wildman–Crippen MR) is 128 cm³/mol. The number of primary amides is 1. The lowest BCUT2D eigenvalue weighted by Gasteiger charge is -2.18. The van der Waals surface area contributed by atoms with Crippen molar-refractivity contribution in [1.82, 2.24) is 10.2 Å². The van der Waals surface area contributed by atoms with Crippen molar-refractivity contribution in [3.8, 4) is 0 Å². The average Bonchev–Trinajstić information content (AvgIpc) is 3.29. The van der Waals surface area contributed by atoms with Crippen molar-refractivity contribution in [1.29, 1.82) is 0 Å². The molecule has 0 radical (unpaired) electrons. The van der Waals surface area contributed by atoms with Crippen molar-refractivity contribution in [3.05, 3.63) is 45.8 Å². The zero-order valence-electron chi connectivity index (χ0n) is 17.2. The lowest BCUT2D eigenvalue weighted by molar-refractivity contribution is -0.113. The average molecular weight is 474 g/mol. The number of nitrogens with two attached hydrogens (primary N) is 1. The summed E-state index contributed by atoms with van der Waals surface area (Å²) in [5, 5.41) is 15.6. The molecule has 1 aromatic carbocycles. The van der Waals surface area contributed by atoms with Gasteiger partial charge in [-0.2, -0.15) is 0 Å². The minimum atomic E-state index is -0.481. The number of thioether (sulfide) groups is 1. The Morgan fingerprint density at radius 1 is 1.29 bits per heavy atom. The Hall–Kier alpha value is -2.43. The van der Waals surface area contributed by atoms with Gasteiger partial charge in [0.05, 0.1) is 11.3 Å². The summed E-state index contributed by atoms with van der Waals surface area (Å²) in [6, 6.07) is 7.99. The van der Waals surface area contributed by atoms with Gasteiger partial charge in [0.25, 0.3) is 5.91 Å². The number of rotatable bonds is 7. The van der Waals surface area contributed by atoms with E-state index >= 15 is 0 Å². The lowest BCUT2D eigenvalue weighted by atomic mass is 9.88. The first kappa shape index (κ1) is 21.8. The third-order valence-corrected chi connectivity index (χ3v) is 8.16. The summed E-state index contributed by atoms with van der Waals surface area (Å²) in [7, 11) is 0. The number of hydrogen-bond donors (Lipinski definition) is 3. The maximum Gasteiger partial charge on any atom is 0.251 e. The summed E-state index contributed by atoms with van der Waals surface area (Å²) in [6.07, 6.45) is 2.78. The van der Waals surface area contributed by atoms with Crippen LogP contribution in [0.15, 0.2) is 28.6 Å². The van der Waals surface area contributed by atoms with Crippen LogP contribution in [0.5, 0.6) is 0 Å². The molecule has 0 saturated carbocycles. The third-order valence-electron chi connectivity index (χ3n) is 5.01. The van der Waals surface area contributed by atoms with E-state index in [4.69, 9.17) is 5.73 Å². The van der Waals surface area contributed by atoms with Gasteiger partial charge < -0.3 is 16.4 Å². The summed E-state index contributed by atoms with van der Waals surface area (Å²) in [6.45, 7) is 4.23. The second kappa shape index (κ2) is 9.37. The fourth-order valence-corrected chi connectivity index (χ4v) is 6.56. The number of aromatic nitrogens is 2. The maximum atomic E-state index is 12.5. The van der Waals surface area contributed by atoms with E-state index in [9.17, 15) is 9.59 Å². The monoisotopic (exact) mass is 473 g/mol. The predicted octanol–water partition coefficient (Wildman–Crippen LogP) is 4.61. The molecule has 3 aromatic rings. The largest absolute Gasteiger partial charge is 0.365 e. The second-order valence-electron chi connectivity index (χ2n) is 7.62. The van der Waals surface area contributed by atoms with Gasteiger partial charge in [-0.25, -0.2) is 0 Å². The summed E-state index contributed by atoms with van der Waals surface area (Å²) in [4.78, 5) is 25.7. The van der Waals surface area contributed by atoms with Crippen LogP contribution in [-0.4, -0.2) is 27.8 Å². The van der Waals surface area contributed by atoms with Crippen molar-refractivity contribution < 1.29 is 9.59 Å². The molecule has 2 amide bonds. The summed E-state index contributed by atoms with van der Waals surface area (Å²) in [5.41, 5.74) is 9.21. The molecule has 1 aliphatic rings. The highest BCUT2D eigenvalue weighted by Crippen LogP contribution is 2.39. The molecule has 0 fully saturated rings. The maximum absolute atomic E-state index is 12.5. The zero-order valence-corrected chi connectivity index (χ0v) is 19.7. The van der Waals surface area contributed by atoms with Crippen LogP contribution < -0.4 is 16.4 Å². The molecule has 1 aliphatic carbocycles. The van der Waals surface area contributed by atoms with Crippen molar-refractivity contribution in [2.75, 3.05) is 16.4 Å². The van der Waals surface area contributed by atoms with Crippen LogP contribution in [0.3, 0.4) is 0 Å². The number of carbonyl (C=O) groups is 2. The molecular weight excluding hydrogens is 450 g/mol. The third kappa shape index (κ3) is 5.25. The quantitative estimate of drug-likeness (QED) is 0.432. The normalized spacial score (nSPS) is 15.4. The number of nitrogens with zero attached hydrogens (tertiary/aromatic N) is 2. The van der Waals surface area contributed by atoms with Gasteiger partial charge in [0.1, 0.15) is 5.00 Å². The van der Waals surface area contributed by atoms with Gasteiger partial charge in [-0.1, -0.05) is 42.2 Å². The van der Waals surface area contributed by atoms with Crippen LogP contribution >= 0.6 is 34.4 Å². The molecule has 0 unspecified atom stereocenters. The number of hydrogen-bond acceptors (Lipinski definition) is 8. The first-order chi connectivity index (χ1) is 14.9. The Balaban J connectivity index is 1.37. The van der Waals surface area contributed by atoms with Crippen molar-refractivity contribution in [2.24, 2.45) is 11.7 Å². The molecule has 10 heteroatoms. The Bertz CT molecular complexity index is 1120. The van der Waals surface area contributed by atoms with Gasteiger partial charge in [-0.3, -0.25) is 9.59 Å². The molecule has 0 aliphatic heterocycles. The van der Waals surface area contributed by atoms with E-state index in [1.807, 2.05) is 31.2 Å². The number of amides is 2. The lowest BCUT2D eigenvalue weighted by Crippen LogP contribution is -2.20. The Labute approximate surface area is 192 Å². The van der Waals surface area contributed by atoms with Crippen molar-refractivity contribution in [3.63, 3.8) is 0 Å². The molecule has 0 saturated heterocycles. The molecule has 2 heterocycles. The summed E-state index contributed by atoms with van der Waals surface area (Å²) < 4.78 is 0.694. The standard InChI is InChI=1S/C21H23N5O2S3/c1-11-4-3-5-13(8-11)23-20-25-26-21(31-20)29-10-16(27)24-19-17(18(22)28)14-7-6-12(2)9-15(14)30-19/h3-5,8,12H,6-7,9-10H2,1-2H3,(H2,22,28)(H,23,25)(H,24,27)/t12-/m0/s1. The molecule has 4 N–H and O–H groups in total. The minimum absolute atomic E-state index is 0.177. The van der Waals surface area contributed by atoms with Crippen LogP contribution in [0.4, 0.5) is 15.8 Å². The smallest absolute Gasteiger partial charge is 0.251 e. The number of nitrogens with one attached hydrogen (secondary N) is 2. The van der Waals surface area contributed by atoms with E-state index in [-0.39, 0.29) is 11.7 Å². The van der Waals surface area contributed by atoms with Gasteiger partial charge in [0.15, 0.2) is 4.34 Å². The highest BCUT2D eigenvalue weighted by Gasteiger charge is 2.27. The van der Waals surface area contributed by atoms with Gasteiger partial charge in [-0.15, -0.1) is 21.5 Å². The molecule has 0 bridgehead atoms. The number of thiophene rings is 1. The summed E-state index contributed by atoms with van der Waals surface area (Å²) >= 11 is 4.18. The Kier molecular flexibility index (Phi) is 6.59. The van der Waals surface area contributed by atoms with Gasteiger partial charge in [0.2, 0.25) is 11.0 Å². The number of fused-ring (bicyclic) bond motifs is 1. The Morgan fingerprint density at radius 2 is 2.13 bits per heavy atom. The van der Waals surface area contributed by atoms with Crippen LogP contribution in [0.25, 0.3) is 0 Å². The van der Waals surface area contributed by atoms with Gasteiger partial charge in [-0.05, 0) is 55.4 Å². The number of anilines is 3. The van der Waals surface area contributed by atoms with Crippen molar-refractivity contribution in [2.45, 2.75) is 37.4 Å².